The van der Waals surface area contributed by atoms with Crippen molar-refractivity contribution in [2.24, 2.45) is 5.92 Å². The van der Waals surface area contributed by atoms with Crippen LogP contribution in [0.15, 0.2) is 36.7 Å². The normalized spacial score (nSPS) is 15.0. The van der Waals surface area contributed by atoms with E-state index >= 15 is 0 Å². The van der Waals surface area contributed by atoms with Crippen molar-refractivity contribution in [3.63, 3.8) is 0 Å². The molecule has 1 saturated carbocycles. The van der Waals surface area contributed by atoms with E-state index in [1.54, 1.807) is 12.3 Å². The van der Waals surface area contributed by atoms with Crippen molar-refractivity contribution in [3.8, 4) is 16.9 Å². The molecule has 2 aromatic rings. The summed E-state index contributed by atoms with van der Waals surface area (Å²) in [6.07, 6.45) is 11.1. The molecule has 2 nitrogen and oxygen atoms in total. The molecule has 1 aliphatic rings. The fourth-order valence-corrected chi connectivity index (χ4v) is 3.35. The van der Waals surface area contributed by atoms with Crippen LogP contribution in [0.3, 0.4) is 0 Å². The van der Waals surface area contributed by atoms with Crippen LogP contribution in [-0.2, 0) is 6.42 Å². The Kier molecular flexibility index (Phi) is 5.21. The van der Waals surface area contributed by atoms with Gasteiger partial charge < -0.3 is 4.74 Å². The lowest BCUT2D eigenvalue weighted by atomic mass is 9.97. The van der Waals surface area contributed by atoms with Crippen LogP contribution in [0.4, 0.5) is 8.78 Å². The number of ether oxygens (including phenoxy) is 1. The molecule has 0 atom stereocenters. The Hall–Kier alpha value is -1.97. The van der Waals surface area contributed by atoms with Gasteiger partial charge in [0, 0.05) is 29.6 Å². The van der Waals surface area contributed by atoms with Crippen LogP contribution in [0.2, 0.25) is 0 Å². The number of alkyl halides is 1. The van der Waals surface area contributed by atoms with Gasteiger partial charge in [-0.15, -0.1) is 0 Å². The molecule has 0 N–H and O–H groups in total. The molecule has 0 radical (unpaired) electrons. The molecule has 1 fully saturated rings. The first kappa shape index (κ1) is 15.9. The summed E-state index contributed by atoms with van der Waals surface area (Å²) in [5.74, 6) is 0.597. The van der Waals surface area contributed by atoms with Gasteiger partial charge in [-0.2, -0.15) is 0 Å². The van der Waals surface area contributed by atoms with Crippen molar-refractivity contribution in [1.82, 2.24) is 4.98 Å². The molecule has 0 bridgehead atoms. The molecule has 4 heteroatoms. The van der Waals surface area contributed by atoms with E-state index in [0.717, 1.165) is 23.5 Å². The van der Waals surface area contributed by atoms with Crippen molar-refractivity contribution < 1.29 is 13.5 Å². The first-order valence-corrected chi connectivity index (χ1v) is 8.19. The minimum Gasteiger partial charge on any atom is -0.462 e. The van der Waals surface area contributed by atoms with Crippen molar-refractivity contribution in [2.45, 2.75) is 38.5 Å². The zero-order valence-electron chi connectivity index (χ0n) is 13.1. The summed E-state index contributed by atoms with van der Waals surface area (Å²) in [6, 6.07) is 6.21. The van der Waals surface area contributed by atoms with Gasteiger partial charge in [0.2, 0.25) is 6.86 Å². The summed E-state index contributed by atoms with van der Waals surface area (Å²) in [5.41, 5.74) is 2.65. The smallest absolute Gasteiger partial charge is 0.228 e. The van der Waals surface area contributed by atoms with Gasteiger partial charge in [0.25, 0.3) is 0 Å². The Balaban J connectivity index is 1.78. The number of nitrogens with zero attached hydrogens (tertiary/aromatic N) is 1. The molecule has 3 rings (SSSR count). The predicted molar refractivity (Wildman–Crippen MR) is 86.5 cm³/mol. The van der Waals surface area contributed by atoms with Crippen LogP contribution in [0.1, 0.15) is 37.7 Å². The average molecular weight is 317 g/mol. The number of rotatable bonds is 6. The minimum absolute atomic E-state index is 0.210. The molecular weight excluding hydrogens is 296 g/mol. The Labute approximate surface area is 135 Å². The van der Waals surface area contributed by atoms with Crippen molar-refractivity contribution in [3.05, 3.63) is 48.0 Å². The molecule has 0 amide bonds. The highest BCUT2D eigenvalue weighted by molar-refractivity contribution is 5.70. The third kappa shape index (κ3) is 4.06. The van der Waals surface area contributed by atoms with Gasteiger partial charge in [-0.05, 0) is 42.5 Å². The second-order valence-electron chi connectivity index (χ2n) is 6.16. The Morgan fingerprint density at radius 2 is 1.96 bits per heavy atom. The third-order valence-electron chi connectivity index (χ3n) is 4.58. The Bertz CT molecular complexity index is 654. The first-order chi connectivity index (χ1) is 11.3. The maximum absolute atomic E-state index is 13.3. The highest BCUT2D eigenvalue weighted by atomic mass is 19.1. The van der Waals surface area contributed by atoms with E-state index in [0.29, 0.717) is 5.56 Å². The molecule has 1 heterocycles. The lowest BCUT2D eigenvalue weighted by Crippen LogP contribution is -1.98. The second kappa shape index (κ2) is 7.53. The number of hydrogen-bond acceptors (Lipinski definition) is 2. The van der Waals surface area contributed by atoms with Crippen molar-refractivity contribution in [1.29, 1.82) is 0 Å². The topological polar surface area (TPSA) is 22.1 Å². The molecule has 1 aliphatic carbocycles. The number of halogens is 2. The number of pyridine rings is 1. The molecule has 0 spiro atoms. The summed E-state index contributed by atoms with van der Waals surface area (Å²) < 4.78 is 30.8. The van der Waals surface area contributed by atoms with E-state index in [2.05, 4.69) is 4.98 Å². The van der Waals surface area contributed by atoms with Gasteiger partial charge in [-0.3, -0.25) is 4.98 Å². The zero-order chi connectivity index (χ0) is 16.1. The van der Waals surface area contributed by atoms with Gasteiger partial charge in [-0.25, -0.2) is 8.78 Å². The molecule has 1 aromatic heterocycles. The van der Waals surface area contributed by atoms with E-state index < -0.39 is 12.7 Å². The molecular formula is C19H21F2NO. The van der Waals surface area contributed by atoms with E-state index in [1.807, 2.05) is 12.3 Å². The second-order valence-corrected chi connectivity index (χ2v) is 6.16. The number of benzene rings is 1. The first-order valence-electron chi connectivity index (χ1n) is 8.19. The molecule has 0 aliphatic heterocycles. The van der Waals surface area contributed by atoms with Gasteiger partial charge in [0.1, 0.15) is 11.6 Å². The SMILES string of the molecule is FCOc1cc(F)ccc1-c1cncc(CCC2CCCC2)c1. The fourth-order valence-electron chi connectivity index (χ4n) is 3.35. The highest BCUT2D eigenvalue weighted by Gasteiger charge is 2.15. The van der Waals surface area contributed by atoms with E-state index in [9.17, 15) is 8.78 Å². The Morgan fingerprint density at radius 3 is 2.74 bits per heavy atom. The number of aryl methyl sites for hydroxylation is 1. The minimum atomic E-state index is -0.981. The lowest BCUT2D eigenvalue weighted by molar-refractivity contribution is 0.192. The summed E-state index contributed by atoms with van der Waals surface area (Å²) in [6.45, 7) is -0.981. The van der Waals surface area contributed by atoms with Gasteiger partial charge >= 0.3 is 0 Å². The highest BCUT2D eigenvalue weighted by Crippen LogP contribution is 2.32. The largest absolute Gasteiger partial charge is 0.462 e. The third-order valence-corrected chi connectivity index (χ3v) is 4.58. The maximum atomic E-state index is 13.3. The molecule has 122 valence electrons. The molecule has 0 unspecified atom stereocenters. The quantitative estimate of drug-likeness (QED) is 0.719. The van der Waals surface area contributed by atoms with Gasteiger partial charge in [0.05, 0.1) is 0 Å². The lowest BCUT2D eigenvalue weighted by Gasteiger charge is -2.12. The van der Waals surface area contributed by atoms with Crippen molar-refractivity contribution >= 4 is 0 Å². The number of hydrogen-bond donors (Lipinski definition) is 0. The summed E-state index contributed by atoms with van der Waals surface area (Å²) in [4.78, 5) is 4.29. The summed E-state index contributed by atoms with van der Waals surface area (Å²) >= 11 is 0. The van der Waals surface area contributed by atoms with E-state index in [1.165, 1.54) is 44.2 Å². The average Bonchev–Trinajstić information content (AvgIpc) is 3.07. The molecule has 1 aromatic carbocycles. The molecule has 23 heavy (non-hydrogen) atoms. The van der Waals surface area contributed by atoms with E-state index in [4.69, 9.17) is 4.74 Å². The van der Waals surface area contributed by atoms with Crippen LogP contribution < -0.4 is 4.74 Å². The molecule has 0 saturated heterocycles. The summed E-state index contributed by atoms with van der Waals surface area (Å²) in [5, 5.41) is 0. The monoisotopic (exact) mass is 317 g/mol. The van der Waals surface area contributed by atoms with Crippen LogP contribution >= 0.6 is 0 Å². The van der Waals surface area contributed by atoms with Crippen molar-refractivity contribution in [2.75, 3.05) is 6.86 Å². The standard InChI is InChI=1S/C19H21F2NO/c20-13-23-19-10-17(21)7-8-18(19)16-9-15(11-22-12-16)6-5-14-3-1-2-4-14/h7-12,14H,1-6,13H2. The Morgan fingerprint density at radius 1 is 1.13 bits per heavy atom. The maximum Gasteiger partial charge on any atom is 0.228 e. The van der Waals surface area contributed by atoms with Gasteiger partial charge in [0.15, 0.2) is 0 Å². The van der Waals surface area contributed by atoms with Crippen LogP contribution in [0.25, 0.3) is 11.1 Å². The number of aromatic nitrogens is 1. The summed E-state index contributed by atoms with van der Waals surface area (Å²) in [7, 11) is 0. The van der Waals surface area contributed by atoms with Crippen LogP contribution in [0, 0.1) is 11.7 Å². The zero-order valence-corrected chi connectivity index (χ0v) is 13.1. The van der Waals surface area contributed by atoms with Crippen LogP contribution in [0.5, 0.6) is 5.75 Å². The van der Waals surface area contributed by atoms with Crippen LogP contribution in [-0.4, -0.2) is 11.8 Å². The van der Waals surface area contributed by atoms with Gasteiger partial charge in [-0.1, -0.05) is 25.7 Å². The van der Waals surface area contributed by atoms with E-state index in [-0.39, 0.29) is 5.75 Å². The predicted octanol–water partition coefficient (Wildman–Crippen LogP) is 5.32. The fraction of sp³-hybridized carbons (Fsp3) is 0.421.